The molecular formula is C16H27N3O. The summed E-state index contributed by atoms with van der Waals surface area (Å²) < 4.78 is 5.33. The molecule has 2 rings (SSSR count). The Hall–Kier alpha value is -1.45. The van der Waals surface area contributed by atoms with Crippen molar-refractivity contribution in [1.82, 2.24) is 10.6 Å². The van der Waals surface area contributed by atoms with Gasteiger partial charge in [0, 0.05) is 25.6 Å². The van der Waals surface area contributed by atoms with Crippen LogP contribution in [-0.4, -0.2) is 25.1 Å². The van der Waals surface area contributed by atoms with Crippen LogP contribution in [0.3, 0.4) is 0 Å². The van der Waals surface area contributed by atoms with Gasteiger partial charge < -0.3 is 15.1 Å². The van der Waals surface area contributed by atoms with Gasteiger partial charge in [0.2, 0.25) is 0 Å². The molecule has 0 aliphatic heterocycles. The maximum atomic E-state index is 5.33. The van der Waals surface area contributed by atoms with Crippen molar-refractivity contribution in [2.24, 2.45) is 10.9 Å². The van der Waals surface area contributed by atoms with Crippen molar-refractivity contribution >= 4 is 5.96 Å². The van der Waals surface area contributed by atoms with E-state index in [2.05, 4.69) is 29.5 Å². The summed E-state index contributed by atoms with van der Waals surface area (Å²) in [5.41, 5.74) is 0. The van der Waals surface area contributed by atoms with Crippen LogP contribution in [0.15, 0.2) is 27.8 Å². The average Bonchev–Trinajstić information content (AvgIpc) is 2.95. The maximum Gasteiger partial charge on any atom is 0.191 e. The largest absolute Gasteiger partial charge is 0.469 e. The molecule has 20 heavy (non-hydrogen) atoms. The normalized spacial score (nSPS) is 23.6. The van der Waals surface area contributed by atoms with Gasteiger partial charge >= 0.3 is 0 Å². The molecule has 0 unspecified atom stereocenters. The number of hydrogen-bond acceptors (Lipinski definition) is 2. The lowest BCUT2D eigenvalue weighted by molar-refractivity contribution is 0.329. The van der Waals surface area contributed by atoms with Crippen molar-refractivity contribution in [3.05, 3.63) is 24.2 Å². The lowest BCUT2D eigenvalue weighted by atomic mass is 9.87. The Morgan fingerprint density at radius 3 is 2.80 bits per heavy atom. The molecule has 2 N–H and O–H groups in total. The number of nitrogens with zero attached hydrogens (tertiary/aromatic N) is 1. The number of hydrogen-bond donors (Lipinski definition) is 2. The highest BCUT2D eigenvalue weighted by Crippen LogP contribution is 2.23. The molecule has 0 atom stereocenters. The molecule has 0 radical (unpaired) electrons. The van der Waals surface area contributed by atoms with Crippen LogP contribution in [0.2, 0.25) is 0 Å². The molecule has 4 nitrogen and oxygen atoms in total. The summed E-state index contributed by atoms with van der Waals surface area (Å²) in [6.07, 6.45) is 7.72. The van der Waals surface area contributed by atoms with E-state index in [0.29, 0.717) is 6.04 Å². The SMILES string of the molecule is CCNC(=NCCc1ccco1)NC1CCC(C)CC1. The zero-order valence-corrected chi connectivity index (χ0v) is 12.7. The van der Waals surface area contributed by atoms with Crippen LogP contribution < -0.4 is 10.6 Å². The van der Waals surface area contributed by atoms with Gasteiger partial charge in [-0.2, -0.15) is 0 Å². The minimum atomic E-state index is 0.576. The molecule has 1 saturated carbocycles. The highest BCUT2D eigenvalue weighted by molar-refractivity contribution is 5.80. The van der Waals surface area contributed by atoms with Crippen molar-refractivity contribution in [2.45, 2.75) is 52.0 Å². The fourth-order valence-corrected chi connectivity index (χ4v) is 2.65. The number of rotatable bonds is 5. The molecule has 1 heterocycles. The van der Waals surface area contributed by atoms with Gasteiger partial charge in [-0.3, -0.25) is 4.99 Å². The van der Waals surface area contributed by atoms with E-state index in [1.54, 1.807) is 6.26 Å². The van der Waals surface area contributed by atoms with Gasteiger partial charge in [-0.1, -0.05) is 6.92 Å². The molecule has 1 aliphatic carbocycles. The van der Waals surface area contributed by atoms with E-state index in [1.165, 1.54) is 25.7 Å². The number of guanidine groups is 1. The molecule has 112 valence electrons. The van der Waals surface area contributed by atoms with Gasteiger partial charge in [0.15, 0.2) is 5.96 Å². The van der Waals surface area contributed by atoms with Crippen LogP contribution in [0.5, 0.6) is 0 Å². The van der Waals surface area contributed by atoms with Gasteiger partial charge in [0.05, 0.1) is 6.26 Å². The maximum absolute atomic E-state index is 5.33. The summed E-state index contributed by atoms with van der Waals surface area (Å²) in [6.45, 7) is 6.10. The van der Waals surface area contributed by atoms with Crippen LogP contribution in [0.4, 0.5) is 0 Å². The number of aliphatic imine (C=N–C) groups is 1. The van der Waals surface area contributed by atoms with Crippen molar-refractivity contribution in [3.63, 3.8) is 0 Å². The summed E-state index contributed by atoms with van der Waals surface area (Å²) >= 11 is 0. The Kier molecular flexibility index (Phi) is 5.96. The lowest BCUT2D eigenvalue weighted by Crippen LogP contribution is -2.44. The monoisotopic (exact) mass is 277 g/mol. The fraction of sp³-hybridized carbons (Fsp3) is 0.688. The Bertz CT molecular complexity index is 392. The zero-order chi connectivity index (χ0) is 14.2. The summed E-state index contributed by atoms with van der Waals surface area (Å²) in [5, 5.41) is 6.90. The van der Waals surface area contributed by atoms with E-state index in [9.17, 15) is 0 Å². The van der Waals surface area contributed by atoms with Gasteiger partial charge in [0.1, 0.15) is 5.76 Å². The first kappa shape index (κ1) is 14.9. The van der Waals surface area contributed by atoms with E-state index in [4.69, 9.17) is 4.42 Å². The quantitative estimate of drug-likeness (QED) is 0.642. The Morgan fingerprint density at radius 1 is 1.35 bits per heavy atom. The molecule has 0 aromatic carbocycles. The van der Waals surface area contributed by atoms with E-state index in [-0.39, 0.29) is 0 Å². The predicted octanol–water partition coefficient (Wildman–Crippen LogP) is 2.96. The van der Waals surface area contributed by atoms with Gasteiger partial charge in [0.25, 0.3) is 0 Å². The summed E-state index contributed by atoms with van der Waals surface area (Å²) in [4.78, 5) is 4.64. The second-order valence-electron chi connectivity index (χ2n) is 5.69. The van der Waals surface area contributed by atoms with Crippen molar-refractivity contribution in [2.75, 3.05) is 13.1 Å². The first-order chi connectivity index (χ1) is 9.78. The highest BCUT2D eigenvalue weighted by atomic mass is 16.3. The Balaban J connectivity index is 1.79. The van der Waals surface area contributed by atoms with E-state index < -0.39 is 0 Å². The third kappa shape index (κ3) is 4.91. The number of nitrogens with one attached hydrogen (secondary N) is 2. The third-order valence-electron chi connectivity index (χ3n) is 3.91. The topological polar surface area (TPSA) is 49.6 Å². The minimum Gasteiger partial charge on any atom is -0.469 e. The highest BCUT2D eigenvalue weighted by Gasteiger charge is 2.18. The van der Waals surface area contributed by atoms with Crippen molar-refractivity contribution in [3.8, 4) is 0 Å². The van der Waals surface area contributed by atoms with Crippen LogP contribution in [0, 0.1) is 5.92 Å². The standard InChI is InChI=1S/C16H27N3O/c1-3-17-16(18-11-10-15-5-4-12-20-15)19-14-8-6-13(2)7-9-14/h4-5,12-14H,3,6-11H2,1-2H3,(H2,17,18,19). The molecule has 1 aliphatic rings. The molecule has 0 bridgehead atoms. The average molecular weight is 277 g/mol. The van der Waals surface area contributed by atoms with Crippen LogP contribution in [0.25, 0.3) is 0 Å². The first-order valence-electron chi connectivity index (χ1n) is 7.85. The molecule has 1 fully saturated rings. The lowest BCUT2D eigenvalue weighted by Gasteiger charge is -2.28. The van der Waals surface area contributed by atoms with Crippen LogP contribution >= 0.6 is 0 Å². The molecule has 0 amide bonds. The molecule has 1 aromatic heterocycles. The van der Waals surface area contributed by atoms with E-state index >= 15 is 0 Å². The minimum absolute atomic E-state index is 0.576. The molecule has 0 saturated heterocycles. The smallest absolute Gasteiger partial charge is 0.191 e. The predicted molar refractivity (Wildman–Crippen MR) is 82.9 cm³/mol. The third-order valence-corrected chi connectivity index (χ3v) is 3.91. The van der Waals surface area contributed by atoms with Gasteiger partial charge in [-0.15, -0.1) is 0 Å². The van der Waals surface area contributed by atoms with Crippen molar-refractivity contribution in [1.29, 1.82) is 0 Å². The van der Waals surface area contributed by atoms with E-state index in [0.717, 1.165) is 37.1 Å². The zero-order valence-electron chi connectivity index (χ0n) is 12.7. The first-order valence-corrected chi connectivity index (χ1v) is 7.85. The summed E-state index contributed by atoms with van der Waals surface area (Å²) in [6, 6.07) is 4.50. The van der Waals surface area contributed by atoms with Crippen LogP contribution in [0.1, 0.15) is 45.3 Å². The Morgan fingerprint density at radius 2 is 2.15 bits per heavy atom. The fourth-order valence-electron chi connectivity index (χ4n) is 2.65. The van der Waals surface area contributed by atoms with E-state index in [1.807, 2.05) is 12.1 Å². The summed E-state index contributed by atoms with van der Waals surface area (Å²) in [5.74, 6) is 2.82. The number of furan rings is 1. The second-order valence-corrected chi connectivity index (χ2v) is 5.69. The molecule has 1 aromatic rings. The molecule has 4 heteroatoms. The molecular weight excluding hydrogens is 250 g/mol. The van der Waals surface area contributed by atoms with Gasteiger partial charge in [-0.05, 0) is 50.7 Å². The second kappa shape index (κ2) is 7.98. The van der Waals surface area contributed by atoms with Crippen molar-refractivity contribution < 1.29 is 4.42 Å². The Labute approximate surface area is 122 Å². The molecule has 0 spiro atoms. The van der Waals surface area contributed by atoms with Crippen LogP contribution in [-0.2, 0) is 6.42 Å². The van der Waals surface area contributed by atoms with Gasteiger partial charge in [-0.25, -0.2) is 0 Å². The summed E-state index contributed by atoms with van der Waals surface area (Å²) in [7, 11) is 0.